The maximum atomic E-state index is 12.9. The number of hydrogen-bond donors (Lipinski definition) is 1. The molecular formula is C18H20F3N3O3. The zero-order valence-corrected chi connectivity index (χ0v) is 15.0. The smallest absolute Gasteiger partial charge is 0.416 e. The minimum atomic E-state index is -4.46. The van der Waals surface area contributed by atoms with E-state index in [2.05, 4.69) is 10.4 Å². The molecule has 0 unspecified atom stereocenters. The number of hydrogen-bond acceptors (Lipinski definition) is 4. The molecule has 1 aromatic carbocycles. The molecule has 9 heteroatoms. The molecule has 0 saturated carbocycles. The van der Waals surface area contributed by atoms with E-state index in [1.54, 1.807) is 13.8 Å². The highest BCUT2D eigenvalue weighted by Crippen LogP contribution is 2.30. The lowest BCUT2D eigenvalue weighted by Crippen LogP contribution is -2.25. The third-order valence-corrected chi connectivity index (χ3v) is 3.82. The van der Waals surface area contributed by atoms with E-state index < -0.39 is 17.6 Å². The summed E-state index contributed by atoms with van der Waals surface area (Å²) < 4.78 is 44.7. The van der Waals surface area contributed by atoms with Crippen LogP contribution in [0.1, 0.15) is 41.4 Å². The van der Waals surface area contributed by atoms with Crippen LogP contribution in [0.2, 0.25) is 0 Å². The summed E-state index contributed by atoms with van der Waals surface area (Å²) >= 11 is 0. The van der Waals surface area contributed by atoms with Gasteiger partial charge in [-0.3, -0.25) is 9.59 Å². The molecule has 2 rings (SSSR count). The standard InChI is InChI=1S/C18H20F3N3O3/c1-3-27-16(25)8-5-9-22-17(26)15-11-23-24(12(15)2)14-7-4-6-13(10-14)18(19,20)21/h4,6-7,10-11H,3,5,8-9H2,1-2H3,(H,22,26). The van der Waals surface area contributed by atoms with Gasteiger partial charge in [-0.05, 0) is 38.5 Å². The van der Waals surface area contributed by atoms with Crippen molar-refractivity contribution in [1.82, 2.24) is 15.1 Å². The lowest BCUT2D eigenvalue weighted by Gasteiger charge is -2.10. The van der Waals surface area contributed by atoms with Crippen molar-refractivity contribution in [2.24, 2.45) is 0 Å². The molecule has 1 amide bonds. The zero-order chi connectivity index (χ0) is 20.0. The molecular weight excluding hydrogens is 363 g/mol. The van der Waals surface area contributed by atoms with Crippen LogP contribution in [-0.2, 0) is 15.7 Å². The van der Waals surface area contributed by atoms with E-state index in [-0.39, 0.29) is 30.2 Å². The van der Waals surface area contributed by atoms with Gasteiger partial charge >= 0.3 is 12.1 Å². The molecule has 1 aromatic heterocycles. The van der Waals surface area contributed by atoms with Crippen LogP contribution in [0, 0.1) is 6.92 Å². The molecule has 0 spiro atoms. The van der Waals surface area contributed by atoms with Gasteiger partial charge in [0.15, 0.2) is 0 Å². The second kappa shape index (κ2) is 8.70. The first-order valence-electron chi connectivity index (χ1n) is 8.40. The van der Waals surface area contributed by atoms with Crippen LogP contribution < -0.4 is 5.32 Å². The summed E-state index contributed by atoms with van der Waals surface area (Å²) in [7, 11) is 0. The van der Waals surface area contributed by atoms with Crippen LogP contribution in [0.4, 0.5) is 13.2 Å². The van der Waals surface area contributed by atoms with Gasteiger partial charge in [0, 0.05) is 13.0 Å². The summed E-state index contributed by atoms with van der Waals surface area (Å²) in [5, 5.41) is 6.68. The Morgan fingerprint density at radius 1 is 1.30 bits per heavy atom. The molecule has 1 heterocycles. The third kappa shape index (κ3) is 5.32. The van der Waals surface area contributed by atoms with Crippen LogP contribution in [0.3, 0.4) is 0 Å². The van der Waals surface area contributed by atoms with Gasteiger partial charge in [0.2, 0.25) is 0 Å². The zero-order valence-electron chi connectivity index (χ0n) is 15.0. The number of carbonyl (C=O) groups excluding carboxylic acids is 2. The first-order chi connectivity index (χ1) is 12.7. The van der Waals surface area contributed by atoms with Crippen LogP contribution in [0.25, 0.3) is 5.69 Å². The Labute approximate surface area is 154 Å². The first-order valence-corrected chi connectivity index (χ1v) is 8.40. The Kier molecular flexibility index (Phi) is 6.59. The number of alkyl halides is 3. The fraction of sp³-hybridized carbons (Fsp3) is 0.389. The quantitative estimate of drug-likeness (QED) is 0.588. The number of rotatable bonds is 7. The van der Waals surface area contributed by atoms with E-state index in [1.165, 1.54) is 23.0 Å². The topological polar surface area (TPSA) is 73.2 Å². The number of nitrogens with one attached hydrogen (secondary N) is 1. The second-order valence-electron chi connectivity index (χ2n) is 5.77. The maximum Gasteiger partial charge on any atom is 0.416 e. The summed E-state index contributed by atoms with van der Waals surface area (Å²) in [6.45, 7) is 3.89. The fourth-order valence-electron chi connectivity index (χ4n) is 2.47. The minimum Gasteiger partial charge on any atom is -0.466 e. The largest absolute Gasteiger partial charge is 0.466 e. The van der Waals surface area contributed by atoms with Gasteiger partial charge in [0.05, 0.1) is 35.3 Å². The lowest BCUT2D eigenvalue weighted by atomic mass is 10.2. The molecule has 6 nitrogen and oxygen atoms in total. The van der Waals surface area contributed by atoms with Crippen LogP contribution in [-0.4, -0.2) is 34.8 Å². The average Bonchev–Trinajstić information content (AvgIpc) is 3.00. The number of halogens is 3. The summed E-state index contributed by atoms with van der Waals surface area (Å²) in [4.78, 5) is 23.5. The fourth-order valence-corrected chi connectivity index (χ4v) is 2.47. The van der Waals surface area contributed by atoms with E-state index in [0.717, 1.165) is 12.1 Å². The number of nitrogens with zero attached hydrogens (tertiary/aromatic N) is 2. The highest BCUT2D eigenvalue weighted by atomic mass is 19.4. The van der Waals surface area contributed by atoms with Gasteiger partial charge in [0.1, 0.15) is 0 Å². The van der Waals surface area contributed by atoms with Crippen molar-refractivity contribution in [2.45, 2.75) is 32.9 Å². The van der Waals surface area contributed by atoms with Gasteiger partial charge in [-0.2, -0.15) is 18.3 Å². The number of ether oxygens (including phenoxy) is 1. The van der Waals surface area contributed by atoms with Crippen molar-refractivity contribution >= 4 is 11.9 Å². The molecule has 2 aromatic rings. The van der Waals surface area contributed by atoms with Crippen molar-refractivity contribution in [3.05, 3.63) is 47.3 Å². The molecule has 0 atom stereocenters. The highest BCUT2D eigenvalue weighted by Gasteiger charge is 2.30. The van der Waals surface area contributed by atoms with Gasteiger partial charge in [-0.15, -0.1) is 0 Å². The molecule has 146 valence electrons. The van der Waals surface area contributed by atoms with Gasteiger partial charge < -0.3 is 10.1 Å². The van der Waals surface area contributed by atoms with Crippen molar-refractivity contribution < 1.29 is 27.5 Å². The average molecular weight is 383 g/mol. The number of esters is 1. The van der Waals surface area contributed by atoms with Crippen molar-refractivity contribution in [3.8, 4) is 5.69 Å². The SMILES string of the molecule is CCOC(=O)CCCNC(=O)c1cnn(-c2cccc(C(F)(F)F)c2)c1C. The number of carbonyl (C=O) groups is 2. The van der Waals surface area contributed by atoms with E-state index >= 15 is 0 Å². The maximum absolute atomic E-state index is 12.9. The Morgan fingerprint density at radius 2 is 2.04 bits per heavy atom. The highest BCUT2D eigenvalue weighted by molar-refractivity contribution is 5.95. The van der Waals surface area contributed by atoms with Crippen molar-refractivity contribution in [1.29, 1.82) is 0 Å². The van der Waals surface area contributed by atoms with Crippen LogP contribution >= 0.6 is 0 Å². The number of aromatic nitrogens is 2. The van der Waals surface area contributed by atoms with E-state index in [9.17, 15) is 22.8 Å². The molecule has 0 radical (unpaired) electrons. The Balaban J connectivity index is 2.04. The van der Waals surface area contributed by atoms with Gasteiger partial charge in [0.25, 0.3) is 5.91 Å². The number of amides is 1. The molecule has 27 heavy (non-hydrogen) atoms. The molecule has 0 aliphatic carbocycles. The summed E-state index contributed by atoms with van der Waals surface area (Å²) in [6.07, 6.45) is -2.55. The summed E-state index contributed by atoms with van der Waals surface area (Å²) in [6, 6.07) is 4.71. The van der Waals surface area contributed by atoms with Gasteiger partial charge in [-0.1, -0.05) is 6.07 Å². The Bertz CT molecular complexity index is 816. The molecule has 0 aliphatic rings. The predicted octanol–water partition coefficient (Wildman–Crippen LogP) is 3.27. The molecule has 1 N–H and O–H groups in total. The summed E-state index contributed by atoms with van der Waals surface area (Å²) in [5.74, 6) is -0.741. The van der Waals surface area contributed by atoms with Gasteiger partial charge in [-0.25, -0.2) is 4.68 Å². The third-order valence-electron chi connectivity index (χ3n) is 3.82. The van der Waals surface area contributed by atoms with E-state index in [1.807, 2.05) is 0 Å². The Morgan fingerprint density at radius 3 is 2.70 bits per heavy atom. The molecule has 0 saturated heterocycles. The van der Waals surface area contributed by atoms with E-state index in [0.29, 0.717) is 18.7 Å². The van der Waals surface area contributed by atoms with Crippen molar-refractivity contribution in [3.63, 3.8) is 0 Å². The second-order valence-corrected chi connectivity index (χ2v) is 5.77. The predicted molar refractivity (Wildman–Crippen MR) is 91.5 cm³/mol. The summed E-state index contributed by atoms with van der Waals surface area (Å²) in [5.41, 5.74) is 0.0873. The first kappa shape index (κ1) is 20.5. The minimum absolute atomic E-state index is 0.191. The monoisotopic (exact) mass is 383 g/mol. The number of benzene rings is 1. The lowest BCUT2D eigenvalue weighted by molar-refractivity contribution is -0.143. The van der Waals surface area contributed by atoms with Crippen LogP contribution in [0.15, 0.2) is 30.5 Å². The van der Waals surface area contributed by atoms with Crippen molar-refractivity contribution in [2.75, 3.05) is 13.2 Å². The van der Waals surface area contributed by atoms with E-state index in [4.69, 9.17) is 4.74 Å². The van der Waals surface area contributed by atoms with Crippen LogP contribution in [0.5, 0.6) is 0 Å². The molecule has 0 bridgehead atoms. The molecule has 0 aliphatic heterocycles. The Hall–Kier alpha value is -2.84. The molecule has 0 fully saturated rings. The normalized spacial score (nSPS) is 11.3.